The average molecular weight is 584 g/mol. The number of nitrogens with one attached hydrogen (secondary N) is 3. The summed E-state index contributed by atoms with van der Waals surface area (Å²) >= 11 is 0. The second kappa shape index (κ2) is 15.5. The maximum atomic E-state index is 13.6. The van der Waals surface area contributed by atoms with Gasteiger partial charge in [-0.3, -0.25) is 9.69 Å². The SMILES string of the molecule is CCCCNC(=O)Nc1ccc(N2CCOCC2)cc1C(=O)NCC1CCN(C(c2ccccc2)c2ccccc2)CC1. The van der Waals surface area contributed by atoms with E-state index in [1.54, 1.807) is 0 Å². The predicted octanol–water partition coefficient (Wildman–Crippen LogP) is 5.68. The van der Waals surface area contributed by atoms with Gasteiger partial charge in [0, 0.05) is 31.9 Å². The number of urea groups is 1. The Labute approximate surface area is 255 Å². The van der Waals surface area contributed by atoms with Crippen LogP contribution in [0.1, 0.15) is 60.1 Å². The maximum absolute atomic E-state index is 13.6. The first-order chi connectivity index (χ1) is 21.1. The second-order valence-electron chi connectivity index (χ2n) is 11.5. The Hall–Kier alpha value is -3.88. The lowest BCUT2D eigenvalue weighted by atomic mass is 9.91. The minimum Gasteiger partial charge on any atom is -0.378 e. The molecule has 0 radical (unpaired) electrons. The lowest BCUT2D eigenvalue weighted by Crippen LogP contribution is -2.41. The summed E-state index contributed by atoms with van der Waals surface area (Å²) in [4.78, 5) is 30.9. The Morgan fingerprint density at radius 2 is 1.51 bits per heavy atom. The average Bonchev–Trinajstić information content (AvgIpc) is 3.06. The van der Waals surface area contributed by atoms with Crippen molar-refractivity contribution in [3.63, 3.8) is 0 Å². The molecule has 3 aromatic rings. The van der Waals surface area contributed by atoms with Crippen molar-refractivity contribution in [1.82, 2.24) is 15.5 Å². The smallest absolute Gasteiger partial charge is 0.319 e. The molecule has 0 bridgehead atoms. The molecule has 0 unspecified atom stereocenters. The Kier molecular flexibility index (Phi) is 11.1. The number of anilines is 2. The van der Waals surface area contributed by atoms with Crippen molar-refractivity contribution in [1.29, 1.82) is 0 Å². The standard InChI is InChI=1S/C35H45N5O3/c1-2-3-18-36-35(42)38-32-15-14-30(39-21-23-43-24-22-39)25-31(32)34(41)37-26-27-16-19-40(20-17-27)33(28-10-6-4-7-11-28)29-12-8-5-9-13-29/h4-15,25,27,33H,2-3,16-24,26H2,1H3,(H,37,41)(H2,36,38,42). The molecule has 0 atom stereocenters. The second-order valence-corrected chi connectivity index (χ2v) is 11.5. The van der Waals surface area contributed by atoms with Crippen LogP contribution in [0.15, 0.2) is 78.9 Å². The molecule has 3 N–H and O–H groups in total. The molecule has 2 aliphatic rings. The number of amides is 3. The van der Waals surface area contributed by atoms with E-state index in [0.29, 0.717) is 43.5 Å². The zero-order chi connectivity index (χ0) is 29.9. The highest BCUT2D eigenvalue weighted by molar-refractivity contribution is 6.04. The van der Waals surface area contributed by atoms with Gasteiger partial charge in [-0.2, -0.15) is 0 Å². The van der Waals surface area contributed by atoms with Crippen LogP contribution in [0.5, 0.6) is 0 Å². The molecule has 3 aromatic carbocycles. The number of hydrogen-bond acceptors (Lipinski definition) is 5. The molecule has 3 amide bonds. The number of ether oxygens (including phenoxy) is 1. The Balaban J connectivity index is 1.22. The highest BCUT2D eigenvalue weighted by atomic mass is 16.5. The molecule has 8 nitrogen and oxygen atoms in total. The van der Waals surface area contributed by atoms with Crippen LogP contribution < -0.4 is 20.9 Å². The third kappa shape index (κ3) is 8.36. The fraction of sp³-hybridized carbons (Fsp3) is 0.429. The number of hydrogen-bond donors (Lipinski definition) is 3. The van der Waals surface area contributed by atoms with E-state index < -0.39 is 0 Å². The van der Waals surface area contributed by atoms with Crippen molar-refractivity contribution in [2.75, 3.05) is 62.7 Å². The molecule has 43 heavy (non-hydrogen) atoms. The summed E-state index contributed by atoms with van der Waals surface area (Å²) in [5, 5.41) is 8.99. The normalized spacial score (nSPS) is 16.2. The Morgan fingerprint density at radius 1 is 0.860 bits per heavy atom. The number of carbonyl (C=O) groups excluding carboxylic acids is 2. The van der Waals surface area contributed by atoms with Gasteiger partial charge in [0.05, 0.1) is 30.5 Å². The first-order valence-electron chi connectivity index (χ1n) is 15.8. The number of morpholine rings is 1. The Morgan fingerprint density at radius 3 is 2.14 bits per heavy atom. The third-order valence-electron chi connectivity index (χ3n) is 8.48. The van der Waals surface area contributed by atoms with Gasteiger partial charge in [-0.25, -0.2) is 4.79 Å². The molecule has 5 rings (SSSR count). The molecule has 2 aliphatic heterocycles. The van der Waals surface area contributed by atoms with Crippen LogP contribution in [0.25, 0.3) is 0 Å². The van der Waals surface area contributed by atoms with Crippen molar-refractivity contribution < 1.29 is 14.3 Å². The molecule has 2 saturated heterocycles. The molecular weight excluding hydrogens is 538 g/mol. The van der Waals surface area contributed by atoms with Gasteiger partial charge in [0.1, 0.15) is 0 Å². The maximum Gasteiger partial charge on any atom is 0.319 e. The third-order valence-corrected chi connectivity index (χ3v) is 8.48. The highest BCUT2D eigenvalue weighted by Gasteiger charge is 2.28. The van der Waals surface area contributed by atoms with E-state index >= 15 is 0 Å². The minimum atomic E-state index is -0.291. The molecule has 0 aromatic heterocycles. The van der Waals surface area contributed by atoms with Gasteiger partial charge < -0.3 is 25.6 Å². The number of unbranched alkanes of at least 4 members (excludes halogenated alkanes) is 1. The highest BCUT2D eigenvalue weighted by Crippen LogP contribution is 2.32. The van der Waals surface area contributed by atoms with Gasteiger partial charge >= 0.3 is 6.03 Å². The number of likely N-dealkylation sites (tertiary alicyclic amines) is 1. The van der Waals surface area contributed by atoms with Gasteiger partial charge in [0.2, 0.25) is 0 Å². The zero-order valence-electron chi connectivity index (χ0n) is 25.3. The van der Waals surface area contributed by atoms with Crippen LogP contribution in [-0.4, -0.2) is 69.3 Å². The van der Waals surface area contributed by atoms with E-state index in [0.717, 1.165) is 57.5 Å². The van der Waals surface area contributed by atoms with E-state index in [-0.39, 0.29) is 18.0 Å². The van der Waals surface area contributed by atoms with E-state index in [4.69, 9.17) is 4.74 Å². The van der Waals surface area contributed by atoms with Crippen LogP contribution in [-0.2, 0) is 4.74 Å². The van der Waals surface area contributed by atoms with Gasteiger partial charge in [-0.15, -0.1) is 0 Å². The fourth-order valence-electron chi connectivity index (χ4n) is 6.02. The minimum absolute atomic E-state index is 0.159. The van der Waals surface area contributed by atoms with Crippen molar-refractivity contribution in [3.8, 4) is 0 Å². The van der Waals surface area contributed by atoms with Gasteiger partial charge in [-0.05, 0) is 67.6 Å². The lowest BCUT2D eigenvalue weighted by molar-refractivity contribution is 0.0931. The number of carbonyl (C=O) groups is 2. The summed E-state index contributed by atoms with van der Waals surface area (Å²) in [6.45, 7) is 8.10. The molecule has 8 heteroatoms. The van der Waals surface area contributed by atoms with Crippen LogP contribution in [0.2, 0.25) is 0 Å². The van der Waals surface area contributed by atoms with E-state index in [1.807, 2.05) is 18.2 Å². The van der Waals surface area contributed by atoms with Crippen LogP contribution in [0, 0.1) is 5.92 Å². The summed E-state index contributed by atoms with van der Waals surface area (Å²) in [5.41, 5.74) is 4.58. The molecule has 0 spiro atoms. The molecule has 2 heterocycles. The predicted molar refractivity (Wildman–Crippen MR) is 173 cm³/mol. The molecule has 2 fully saturated rings. The van der Waals surface area contributed by atoms with Crippen molar-refractivity contribution in [2.24, 2.45) is 5.92 Å². The van der Waals surface area contributed by atoms with Gasteiger partial charge in [-0.1, -0.05) is 74.0 Å². The van der Waals surface area contributed by atoms with Crippen molar-refractivity contribution >= 4 is 23.3 Å². The number of rotatable bonds is 11. The topological polar surface area (TPSA) is 85.9 Å². The van der Waals surface area contributed by atoms with Crippen LogP contribution in [0.3, 0.4) is 0 Å². The van der Waals surface area contributed by atoms with E-state index in [2.05, 4.69) is 93.3 Å². The van der Waals surface area contributed by atoms with E-state index in [9.17, 15) is 9.59 Å². The van der Waals surface area contributed by atoms with Gasteiger partial charge in [0.15, 0.2) is 0 Å². The van der Waals surface area contributed by atoms with Crippen molar-refractivity contribution in [3.05, 3.63) is 95.6 Å². The van der Waals surface area contributed by atoms with Crippen molar-refractivity contribution in [2.45, 2.75) is 38.6 Å². The molecule has 0 aliphatic carbocycles. The Bertz CT molecular complexity index is 1270. The number of benzene rings is 3. The first-order valence-corrected chi connectivity index (χ1v) is 15.8. The van der Waals surface area contributed by atoms with Crippen LogP contribution >= 0.6 is 0 Å². The quantitative estimate of drug-likeness (QED) is 0.253. The summed E-state index contributed by atoms with van der Waals surface area (Å²) < 4.78 is 5.51. The van der Waals surface area contributed by atoms with Gasteiger partial charge in [0.25, 0.3) is 5.91 Å². The summed E-state index contributed by atoms with van der Waals surface area (Å²) in [7, 11) is 0. The van der Waals surface area contributed by atoms with E-state index in [1.165, 1.54) is 11.1 Å². The summed E-state index contributed by atoms with van der Waals surface area (Å²) in [6, 6.07) is 27.1. The fourth-order valence-corrected chi connectivity index (χ4v) is 6.02. The number of piperidine rings is 1. The summed E-state index contributed by atoms with van der Waals surface area (Å²) in [6.07, 6.45) is 3.93. The number of nitrogens with zero attached hydrogens (tertiary/aromatic N) is 2. The first kappa shape index (κ1) is 30.6. The largest absolute Gasteiger partial charge is 0.378 e. The van der Waals surface area contributed by atoms with Crippen LogP contribution in [0.4, 0.5) is 16.2 Å². The molecule has 0 saturated carbocycles. The lowest BCUT2D eigenvalue weighted by Gasteiger charge is -2.38. The molecular formula is C35H45N5O3. The molecule has 228 valence electrons. The zero-order valence-corrected chi connectivity index (χ0v) is 25.3. The monoisotopic (exact) mass is 583 g/mol. The summed E-state index contributed by atoms with van der Waals surface area (Å²) in [5.74, 6) is 0.233.